The minimum atomic E-state index is -3.73. The Morgan fingerprint density at radius 2 is 1.61 bits per heavy atom. The molecule has 0 heterocycles. The zero-order chi connectivity index (χ0) is 23.6. The van der Waals surface area contributed by atoms with Gasteiger partial charge in [-0.25, -0.2) is 13.8 Å². The molecule has 4 rings (SSSR count). The van der Waals surface area contributed by atoms with Gasteiger partial charge in [0.1, 0.15) is 6.54 Å². The van der Waals surface area contributed by atoms with Crippen LogP contribution in [0.1, 0.15) is 11.1 Å². The van der Waals surface area contributed by atoms with Gasteiger partial charge in [-0.3, -0.25) is 9.10 Å². The molecule has 0 aromatic heterocycles. The fourth-order valence-corrected chi connectivity index (χ4v) is 4.83. The van der Waals surface area contributed by atoms with Crippen molar-refractivity contribution in [3.05, 3.63) is 88.9 Å². The molecule has 0 spiro atoms. The first-order chi connectivity index (χ1) is 15.7. The molecule has 1 amide bonds. The molecule has 8 heteroatoms. The first-order valence-electron chi connectivity index (χ1n) is 10.2. The van der Waals surface area contributed by atoms with Gasteiger partial charge in [0.25, 0.3) is 5.91 Å². The molecular formula is C25H22ClN3O3S. The SMILES string of the molecule is Cc1ccc(Cl)cc1N(CC(=O)N/N=C\c1c2ccccc2cc2ccccc12)S(C)(=O)=O. The number of anilines is 1. The summed E-state index contributed by atoms with van der Waals surface area (Å²) in [5.74, 6) is -0.569. The summed E-state index contributed by atoms with van der Waals surface area (Å²) in [5, 5.41) is 8.64. The third-order valence-corrected chi connectivity index (χ3v) is 6.68. The number of sulfonamides is 1. The Morgan fingerprint density at radius 1 is 1.00 bits per heavy atom. The van der Waals surface area contributed by atoms with Crippen LogP contribution < -0.4 is 9.73 Å². The highest BCUT2D eigenvalue weighted by molar-refractivity contribution is 7.92. The molecule has 4 aromatic rings. The number of halogens is 1. The molecule has 0 atom stereocenters. The van der Waals surface area contributed by atoms with Crippen molar-refractivity contribution < 1.29 is 13.2 Å². The van der Waals surface area contributed by atoms with Crippen molar-refractivity contribution in [3.63, 3.8) is 0 Å². The lowest BCUT2D eigenvalue weighted by atomic mass is 9.97. The van der Waals surface area contributed by atoms with Gasteiger partial charge in [0.2, 0.25) is 10.0 Å². The van der Waals surface area contributed by atoms with E-state index >= 15 is 0 Å². The van der Waals surface area contributed by atoms with Gasteiger partial charge in [0, 0.05) is 10.6 Å². The molecule has 0 aliphatic heterocycles. The average molecular weight is 480 g/mol. The lowest BCUT2D eigenvalue weighted by Gasteiger charge is -2.23. The topological polar surface area (TPSA) is 78.8 Å². The minimum Gasteiger partial charge on any atom is -0.271 e. The van der Waals surface area contributed by atoms with Crippen molar-refractivity contribution in [1.82, 2.24) is 5.43 Å². The molecule has 0 unspecified atom stereocenters. The summed E-state index contributed by atoms with van der Waals surface area (Å²) in [6, 6.07) is 22.9. The lowest BCUT2D eigenvalue weighted by Crippen LogP contribution is -2.39. The molecule has 6 nitrogen and oxygen atoms in total. The quantitative estimate of drug-likeness (QED) is 0.243. The molecule has 168 valence electrons. The van der Waals surface area contributed by atoms with Crippen LogP contribution in [0.15, 0.2) is 77.9 Å². The maximum Gasteiger partial charge on any atom is 0.260 e. The minimum absolute atomic E-state index is 0.351. The molecule has 0 saturated carbocycles. The van der Waals surface area contributed by atoms with Crippen LogP contribution in [0.3, 0.4) is 0 Å². The number of hydrogen-bond donors (Lipinski definition) is 1. The molecule has 0 aliphatic carbocycles. The second-order valence-corrected chi connectivity index (χ2v) is 10.1. The van der Waals surface area contributed by atoms with Gasteiger partial charge in [-0.05, 0) is 52.2 Å². The largest absolute Gasteiger partial charge is 0.271 e. The van der Waals surface area contributed by atoms with Crippen LogP contribution in [0.4, 0.5) is 5.69 Å². The fourth-order valence-electron chi connectivity index (χ4n) is 3.75. The molecule has 33 heavy (non-hydrogen) atoms. The number of amides is 1. The van der Waals surface area contributed by atoms with E-state index in [9.17, 15) is 13.2 Å². The van der Waals surface area contributed by atoms with Crippen LogP contribution >= 0.6 is 11.6 Å². The van der Waals surface area contributed by atoms with Gasteiger partial charge in [-0.2, -0.15) is 5.10 Å². The Hall–Kier alpha value is -3.42. The monoisotopic (exact) mass is 479 g/mol. The van der Waals surface area contributed by atoms with Gasteiger partial charge >= 0.3 is 0 Å². The first kappa shape index (κ1) is 22.8. The van der Waals surface area contributed by atoms with Crippen LogP contribution in [-0.2, 0) is 14.8 Å². The van der Waals surface area contributed by atoms with Gasteiger partial charge in [-0.1, -0.05) is 66.2 Å². The van der Waals surface area contributed by atoms with Crippen molar-refractivity contribution in [2.75, 3.05) is 17.1 Å². The highest BCUT2D eigenvalue weighted by Gasteiger charge is 2.22. The van der Waals surface area contributed by atoms with E-state index < -0.39 is 22.5 Å². The second kappa shape index (κ2) is 9.21. The Kier molecular flexibility index (Phi) is 6.35. The molecule has 0 saturated heterocycles. The summed E-state index contributed by atoms with van der Waals surface area (Å²) in [4.78, 5) is 12.6. The van der Waals surface area contributed by atoms with E-state index in [0.29, 0.717) is 16.3 Å². The van der Waals surface area contributed by atoms with E-state index in [1.165, 1.54) is 6.07 Å². The predicted molar refractivity (Wildman–Crippen MR) is 136 cm³/mol. The molecule has 0 fully saturated rings. The Bertz CT molecular complexity index is 1450. The summed E-state index contributed by atoms with van der Waals surface area (Å²) in [5.41, 5.74) is 4.36. The van der Waals surface area contributed by atoms with E-state index in [1.54, 1.807) is 25.3 Å². The molecule has 4 aromatic carbocycles. The number of hydrogen-bond acceptors (Lipinski definition) is 4. The van der Waals surface area contributed by atoms with Crippen molar-refractivity contribution in [2.45, 2.75) is 6.92 Å². The van der Waals surface area contributed by atoms with Crippen LogP contribution in [0.2, 0.25) is 5.02 Å². The Labute approximate surface area is 197 Å². The number of fused-ring (bicyclic) bond motifs is 2. The maximum absolute atomic E-state index is 12.6. The van der Waals surface area contributed by atoms with Crippen molar-refractivity contribution in [1.29, 1.82) is 0 Å². The normalized spacial score (nSPS) is 11.8. The van der Waals surface area contributed by atoms with Crippen LogP contribution in [0.25, 0.3) is 21.5 Å². The van der Waals surface area contributed by atoms with E-state index in [4.69, 9.17) is 11.6 Å². The lowest BCUT2D eigenvalue weighted by molar-refractivity contribution is -0.119. The Morgan fingerprint density at radius 3 is 2.21 bits per heavy atom. The summed E-state index contributed by atoms with van der Waals surface area (Å²) in [7, 11) is -3.73. The number of carbonyl (C=O) groups excluding carboxylic acids is 1. The van der Waals surface area contributed by atoms with Gasteiger partial charge in [0.15, 0.2) is 0 Å². The second-order valence-electron chi connectivity index (χ2n) is 7.73. The standard InChI is InChI=1S/C25H22ClN3O3S/c1-17-11-12-20(26)14-24(17)29(33(2,31)32)16-25(30)28-27-15-23-21-9-5-3-7-18(21)13-19-8-4-6-10-22(19)23/h3-15H,16H2,1-2H3,(H,28,30)/b27-15-. The number of nitrogens with zero attached hydrogens (tertiary/aromatic N) is 2. The van der Waals surface area contributed by atoms with Gasteiger partial charge in [-0.15, -0.1) is 0 Å². The van der Waals surface area contributed by atoms with E-state index in [0.717, 1.165) is 37.7 Å². The van der Waals surface area contributed by atoms with E-state index in [1.807, 2.05) is 48.5 Å². The number of aryl methyl sites for hydroxylation is 1. The average Bonchev–Trinajstić information content (AvgIpc) is 2.78. The zero-order valence-corrected chi connectivity index (χ0v) is 19.7. The third kappa shape index (κ3) is 4.99. The fraction of sp³-hybridized carbons (Fsp3) is 0.120. The third-order valence-electron chi connectivity index (χ3n) is 5.32. The highest BCUT2D eigenvalue weighted by Crippen LogP contribution is 2.28. The Balaban J connectivity index is 1.61. The zero-order valence-electron chi connectivity index (χ0n) is 18.1. The predicted octanol–water partition coefficient (Wildman–Crippen LogP) is 4.87. The molecular weight excluding hydrogens is 458 g/mol. The maximum atomic E-state index is 12.6. The number of benzene rings is 4. The molecule has 0 bridgehead atoms. The number of nitrogens with one attached hydrogen (secondary N) is 1. The van der Waals surface area contributed by atoms with Crippen LogP contribution in [0, 0.1) is 6.92 Å². The molecule has 1 N–H and O–H groups in total. The summed E-state index contributed by atoms with van der Waals surface area (Å²) >= 11 is 6.05. The number of hydrazone groups is 1. The van der Waals surface area contributed by atoms with Gasteiger partial charge in [0.05, 0.1) is 18.2 Å². The van der Waals surface area contributed by atoms with Crippen molar-refractivity contribution in [3.8, 4) is 0 Å². The highest BCUT2D eigenvalue weighted by atomic mass is 35.5. The summed E-state index contributed by atoms with van der Waals surface area (Å²) < 4.78 is 25.8. The van der Waals surface area contributed by atoms with Crippen LogP contribution in [0.5, 0.6) is 0 Å². The number of carbonyl (C=O) groups is 1. The molecule has 0 aliphatic rings. The molecule has 0 radical (unpaired) electrons. The van der Waals surface area contributed by atoms with Crippen molar-refractivity contribution in [2.24, 2.45) is 5.10 Å². The number of rotatable bonds is 6. The van der Waals surface area contributed by atoms with Crippen molar-refractivity contribution >= 4 is 61.0 Å². The summed E-state index contributed by atoms with van der Waals surface area (Å²) in [6.45, 7) is 1.33. The first-order valence-corrected chi connectivity index (χ1v) is 12.4. The van der Waals surface area contributed by atoms with E-state index in [-0.39, 0.29) is 0 Å². The summed E-state index contributed by atoms with van der Waals surface area (Å²) in [6.07, 6.45) is 2.64. The van der Waals surface area contributed by atoms with Crippen LogP contribution in [-0.4, -0.2) is 33.3 Å². The van der Waals surface area contributed by atoms with Gasteiger partial charge < -0.3 is 0 Å². The smallest absolute Gasteiger partial charge is 0.260 e. The van der Waals surface area contributed by atoms with E-state index in [2.05, 4.69) is 16.6 Å².